The van der Waals surface area contributed by atoms with Crippen molar-refractivity contribution in [3.8, 4) is 0 Å². The number of para-hydroxylation sites is 1. The second-order valence-electron chi connectivity index (χ2n) is 8.75. The third-order valence-electron chi connectivity index (χ3n) is 5.31. The summed E-state index contributed by atoms with van der Waals surface area (Å²) in [7, 11) is 0. The zero-order valence-corrected chi connectivity index (χ0v) is 18.4. The zero-order chi connectivity index (χ0) is 22.2. The van der Waals surface area contributed by atoms with Crippen molar-refractivity contribution in [2.45, 2.75) is 51.9 Å². The van der Waals surface area contributed by atoms with E-state index in [1.807, 2.05) is 82.3 Å². The molecule has 162 valence electrons. The predicted octanol–water partition coefficient (Wildman–Crippen LogP) is 4.91. The van der Waals surface area contributed by atoms with Crippen molar-refractivity contribution in [3.05, 3.63) is 71.9 Å². The summed E-state index contributed by atoms with van der Waals surface area (Å²) in [6.45, 7) is 8.30. The molecule has 1 saturated heterocycles. The second-order valence-corrected chi connectivity index (χ2v) is 8.75. The second kappa shape index (κ2) is 8.19. The molecular formula is C25H28N2O4. The normalized spacial score (nSPS) is 20.5. The molecule has 1 aliphatic heterocycles. The maximum absolute atomic E-state index is 12.9. The van der Waals surface area contributed by atoms with Gasteiger partial charge in [0.15, 0.2) is 0 Å². The molecular weight excluding hydrogens is 392 g/mol. The lowest BCUT2D eigenvalue weighted by molar-refractivity contribution is -0.143. The molecule has 0 saturated carbocycles. The number of carbonyl (C=O) groups excluding carboxylic acids is 2. The molecule has 4 rings (SSSR count). The van der Waals surface area contributed by atoms with Crippen LogP contribution in [0.5, 0.6) is 0 Å². The fraction of sp³-hybridized carbons (Fsp3) is 0.360. The fourth-order valence-electron chi connectivity index (χ4n) is 4.01. The molecule has 1 aliphatic rings. The van der Waals surface area contributed by atoms with Crippen LogP contribution in [0.25, 0.3) is 10.9 Å². The highest BCUT2D eigenvalue weighted by Gasteiger charge is 2.55. The lowest BCUT2D eigenvalue weighted by atomic mass is 10.1. The van der Waals surface area contributed by atoms with Gasteiger partial charge in [-0.05, 0) is 44.9 Å². The summed E-state index contributed by atoms with van der Waals surface area (Å²) in [5, 5.41) is 0.934. The minimum absolute atomic E-state index is 0.159. The average Bonchev–Trinajstić information content (AvgIpc) is 3.28. The summed E-state index contributed by atoms with van der Waals surface area (Å²) in [6.07, 6.45) is 1.37. The smallest absolute Gasteiger partial charge is 0.419 e. The third-order valence-corrected chi connectivity index (χ3v) is 5.31. The van der Waals surface area contributed by atoms with E-state index in [1.54, 1.807) is 6.20 Å². The van der Waals surface area contributed by atoms with Crippen molar-refractivity contribution < 1.29 is 19.1 Å². The Bertz CT molecular complexity index is 1100. The van der Waals surface area contributed by atoms with E-state index < -0.39 is 11.7 Å². The summed E-state index contributed by atoms with van der Waals surface area (Å²) >= 11 is 0. The number of esters is 1. The van der Waals surface area contributed by atoms with Gasteiger partial charge in [-0.1, -0.05) is 48.5 Å². The van der Waals surface area contributed by atoms with Gasteiger partial charge in [-0.25, -0.2) is 4.79 Å². The third kappa shape index (κ3) is 4.35. The number of nitrogens with zero attached hydrogens (tertiary/aromatic N) is 2. The number of rotatable bonds is 5. The molecule has 31 heavy (non-hydrogen) atoms. The molecule has 6 heteroatoms. The fourth-order valence-corrected chi connectivity index (χ4v) is 4.01. The standard InChI is InChI=1S/C25H28N2O4/c1-5-30-23(28)22-21(27(22)15-17-11-7-6-8-12-17)19-16-26(24(29)31-25(2,3)4)20-14-10-9-13-18(19)20/h6-14,16,21-22H,5,15H2,1-4H3/t21-,22+,27?/m0/s1. The van der Waals surface area contributed by atoms with Gasteiger partial charge in [0.25, 0.3) is 0 Å². The van der Waals surface area contributed by atoms with Crippen LogP contribution in [-0.2, 0) is 20.8 Å². The number of aromatic nitrogens is 1. The molecule has 3 atom stereocenters. The van der Waals surface area contributed by atoms with Crippen LogP contribution in [0.2, 0.25) is 0 Å². The van der Waals surface area contributed by atoms with Crippen LogP contribution in [-0.4, -0.2) is 39.8 Å². The van der Waals surface area contributed by atoms with E-state index in [2.05, 4.69) is 4.90 Å². The van der Waals surface area contributed by atoms with Gasteiger partial charge in [-0.15, -0.1) is 0 Å². The topological polar surface area (TPSA) is 60.5 Å². The van der Waals surface area contributed by atoms with E-state index in [-0.39, 0.29) is 18.1 Å². The summed E-state index contributed by atoms with van der Waals surface area (Å²) in [5.41, 5.74) is 2.21. The number of hydrogen-bond acceptors (Lipinski definition) is 5. The molecule has 0 N–H and O–H groups in total. The van der Waals surface area contributed by atoms with E-state index in [9.17, 15) is 9.59 Å². The SMILES string of the molecule is CCOC(=O)[C@H]1[C@H](c2cn(C(=O)OC(C)(C)C)c3ccccc23)N1Cc1ccccc1. The summed E-state index contributed by atoms with van der Waals surface area (Å²) in [5.74, 6) is -0.238. The van der Waals surface area contributed by atoms with Gasteiger partial charge in [0.1, 0.15) is 11.6 Å². The van der Waals surface area contributed by atoms with Crippen molar-refractivity contribution in [2.24, 2.45) is 0 Å². The molecule has 3 aromatic rings. The molecule has 0 aliphatic carbocycles. The van der Waals surface area contributed by atoms with E-state index in [0.29, 0.717) is 13.2 Å². The summed E-state index contributed by atoms with van der Waals surface area (Å²) in [6, 6.07) is 17.2. The molecule has 0 spiro atoms. The zero-order valence-electron chi connectivity index (χ0n) is 18.4. The van der Waals surface area contributed by atoms with Crippen molar-refractivity contribution in [2.75, 3.05) is 6.61 Å². The predicted molar refractivity (Wildman–Crippen MR) is 119 cm³/mol. The van der Waals surface area contributed by atoms with Gasteiger partial charge in [-0.2, -0.15) is 0 Å². The van der Waals surface area contributed by atoms with Crippen LogP contribution in [0.15, 0.2) is 60.8 Å². The Morgan fingerprint density at radius 3 is 2.35 bits per heavy atom. The van der Waals surface area contributed by atoms with Crippen molar-refractivity contribution in [3.63, 3.8) is 0 Å². The number of fused-ring (bicyclic) bond motifs is 1. The Balaban J connectivity index is 1.72. The number of carbonyl (C=O) groups is 2. The maximum atomic E-state index is 12.9. The van der Waals surface area contributed by atoms with Crippen LogP contribution in [0.3, 0.4) is 0 Å². The van der Waals surface area contributed by atoms with E-state index in [0.717, 1.165) is 22.0 Å². The first kappa shape index (κ1) is 21.1. The minimum atomic E-state index is -0.602. The first-order chi connectivity index (χ1) is 14.8. The van der Waals surface area contributed by atoms with Gasteiger partial charge >= 0.3 is 12.1 Å². The molecule has 1 unspecified atom stereocenters. The highest BCUT2D eigenvalue weighted by Crippen LogP contribution is 2.47. The van der Waals surface area contributed by atoms with Crippen LogP contribution in [0.1, 0.15) is 44.9 Å². The van der Waals surface area contributed by atoms with Gasteiger partial charge in [0.05, 0.1) is 18.2 Å². The molecule has 0 radical (unpaired) electrons. The summed E-state index contributed by atoms with van der Waals surface area (Å²) < 4.78 is 12.5. The lowest BCUT2D eigenvalue weighted by Gasteiger charge is -2.19. The molecule has 0 amide bonds. The highest BCUT2D eigenvalue weighted by molar-refractivity contribution is 5.94. The van der Waals surface area contributed by atoms with Crippen molar-refractivity contribution >= 4 is 23.0 Å². The number of ether oxygens (including phenoxy) is 2. The first-order valence-corrected chi connectivity index (χ1v) is 10.6. The Labute approximate surface area is 182 Å². The van der Waals surface area contributed by atoms with Crippen LogP contribution in [0, 0.1) is 0 Å². The Hall–Kier alpha value is -3.12. The molecule has 0 bridgehead atoms. The Kier molecular flexibility index (Phi) is 5.58. The first-order valence-electron chi connectivity index (χ1n) is 10.6. The summed E-state index contributed by atoms with van der Waals surface area (Å²) in [4.78, 5) is 27.7. The maximum Gasteiger partial charge on any atom is 0.419 e. The Morgan fingerprint density at radius 1 is 1.00 bits per heavy atom. The van der Waals surface area contributed by atoms with Gasteiger partial charge in [0, 0.05) is 18.1 Å². The molecule has 2 aromatic carbocycles. The molecule has 1 aromatic heterocycles. The van der Waals surface area contributed by atoms with Gasteiger partial charge in [-0.3, -0.25) is 14.3 Å². The van der Waals surface area contributed by atoms with Gasteiger partial charge in [0.2, 0.25) is 0 Å². The monoisotopic (exact) mass is 420 g/mol. The highest BCUT2D eigenvalue weighted by atomic mass is 16.6. The lowest BCUT2D eigenvalue weighted by Crippen LogP contribution is -2.26. The molecule has 2 heterocycles. The van der Waals surface area contributed by atoms with Crippen LogP contribution < -0.4 is 0 Å². The number of hydrogen-bond donors (Lipinski definition) is 0. The number of benzene rings is 2. The quantitative estimate of drug-likeness (QED) is 0.433. The largest absolute Gasteiger partial charge is 0.465 e. The van der Waals surface area contributed by atoms with E-state index >= 15 is 0 Å². The minimum Gasteiger partial charge on any atom is -0.465 e. The van der Waals surface area contributed by atoms with Crippen molar-refractivity contribution in [1.29, 1.82) is 0 Å². The van der Waals surface area contributed by atoms with Crippen LogP contribution in [0.4, 0.5) is 4.79 Å². The Morgan fingerprint density at radius 2 is 1.68 bits per heavy atom. The van der Waals surface area contributed by atoms with Gasteiger partial charge < -0.3 is 9.47 Å². The van der Waals surface area contributed by atoms with Crippen LogP contribution >= 0.6 is 0 Å². The van der Waals surface area contributed by atoms with E-state index in [1.165, 1.54) is 4.57 Å². The van der Waals surface area contributed by atoms with Crippen molar-refractivity contribution in [1.82, 2.24) is 9.47 Å². The molecule has 6 nitrogen and oxygen atoms in total. The molecule has 1 fully saturated rings. The van der Waals surface area contributed by atoms with E-state index in [4.69, 9.17) is 9.47 Å². The average molecular weight is 421 g/mol.